The number of pyridine rings is 1. The van der Waals surface area contributed by atoms with Crippen molar-refractivity contribution < 1.29 is 19.4 Å². The molecule has 0 amide bonds. The predicted molar refractivity (Wildman–Crippen MR) is 98.1 cm³/mol. The van der Waals surface area contributed by atoms with Crippen molar-refractivity contribution in [3.8, 4) is 11.4 Å². The summed E-state index contributed by atoms with van der Waals surface area (Å²) >= 11 is 0. The van der Waals surface area contributed by atoms with Gasteiger partial charge in [-0.25, -0.2) is 4.79 Å². The molecule has 3 aromatic rings. The fraction of sp³-hybridized carbons (Fsp3) is 0.200. The van der Waals surface area contributed by atoms with Crippen LogP contribution in [0.4, 0.5) is 0 Å². The third-order valence-corrected chi connectivity index (χ3v) is 3.88. The summed E-state index contributed by atoms with van der Waals surface area (Å²) in [6.07, 6.45) is 1.51. The van der Waals surface area contributed by atoms with Gasteiger partial charge in [-0.2, -0.15) is 0 Å². The average molecular weight is 353 g/mol. The highest BCUT2D eigenvalue weighted by atomic mass is 16.5. The number of aliphatic hydroxyl groups excluding tert-OH is 1. The van der Waals surface area contributed by atoms with Crippen molar-refractivity contribution in [2.24, 2.45) is 0 Å². The maximum absolute atomic E-state index is 12.6. The molecule has 2 aromatic carbocycles. The van der Waals surface area contributed by atoms with Gasteiger partial charge < -0.3 is 19.1 Å². The van der Waals surface area contributed by atoms with E-state index >= 15 is 0 Å². The highest BCUT2D eigenvalue weighted by Gasteiger charge is 2.16. The quantitative estimate of drug-likeness (QED) is 0.689. The Morgan fingerprint density at radius 2 is 1.85 bits per heavy atom. The summed E-state index contributed by atoms with van der Waals surface area (Å²) < 4.78 is 12.2. The summed E-state index contributed by atoms with van der Waals surface area (Å²) in [6, 6.07) is 14.3. The number of carbonyl (C=O) groups excluding carboxylic acids is 1. The highest BCUT2D eigenvalue weighted by Crippen LogP contribution is 2.20. The molecule has 6 heteroatoms. The first-order valence-electron chi connectivity index (χ1n) is 8.31. The molecule has 0 bridgehead atoms. The van der Waals surface area contributed by atoms with Crippen LogP contribution in [-0.4, -0.2) is 35.5 Å². The lowest BCUT2D eigenvalue weighted by atomic mass is 10.1. The van der Waals surface area contributed by atoms with Crippen LogP contribution >= 0.6 is 0 Å². The molecule has 0 fully saturated rings. The van der Waals surface area contributed by atoms with Gasteiger partial charge in [-0.3, -0.25) is 4.79 Å². The molecule has 0 saturated carbocycles. The van der Waals surface area contributed by atoms with E-state index in [1.54, 1.807) is 35.8 Å². The minimum atomic E-state index is -0.639. The number of benzene rings is 2. The van der Waals surface area contributed by atoms with E-state index < -0.39 is 5.97 Å². The lowest BCUT2D eigenvalue weighted by Gasteiger charge is -2.14. The molecule has 1 N–H and O–H groups in total. The molecule has 0 aliphatic rings. The Kier molecular flexibility index (Phi) is 5.34. The molecular formula is C20H19NO5. The second kappa shape index (κ2) is 7.84. The molecule has 1 aromatic heterocycles. The van der Waals surface area contributed by atoms with E-state index in [0.717, 1.165) is 5.69 Å². The van der Waals surface area contributed by atoms with Gasteiger partial charge in [0.2, 0.25) is 5.43 Å². The number of hydrogen-bond acceptors (Lipinski definition) is 5. The molecule has 0 unspecified atom stereocenters. The summed E-state index contributed by atoms with van der Waals surface area (Å²) in [4.78, 5) is 24.8. The number of rotatable bonds is 6. The van der Waals surface area contributed by atoms with Crippen molar-refractivity contribution in [1.29, 1.82) is 0 Å². The van der Waals surface area contributed by atoms with E-state index in [1.165, 1.54) is 6.20 Å². The molecule has 6 nitrogen and oxygen atoms in total. The number of hydrogen-bond donors (Lipinski definition) is 1. The van der Waals surface area contributed by atoms with Crippen molar-refractivity contribution >= 4 is 16.9 Å². The van der Waals surface area contributed by atoms with Crippen LogP contribution in [0.3, 0.4) is 0 Å². The Balaban J connectivity index is 2.14. The van der Waals surface area contributed by atoms with Crippen LogP contribution in [0.5, 0.6) is 5.75 Å². The number of esters is 1. The minimum Gasteiger partial charge on any atom is -0.491 e. The monoisotopic (exact) mass is 353 g/mol. The van der Waals surface area contributed by atoms with Crippen LogP contribution in [0.25, 0.3) is 16.6 Å². The topological polar surface area (TPSA) is 77.8 Å². The first-order valence-corrected chi connectivity index (χ1v) is 8.31. The Morgan fingerprint density at radius 1 is 1.12 bits per heavy atom. The zero-order chi connectivity index (χ0) is 18.5. The van der Waals surface area contributed by atoms with Crippen molar-refractivity contribution in [2.75, 3.05) is 19.8 Å². The molecule has 0 aliphatic carbocycles. The minimum absolute atomic E-state index is 0.00819. The van der Waals surface area contributed by atoms with Crippen LogP contribution in [0.2, 0.25) is 0 Å². The molecular weight excluding hydrogens is 334 g/mol. The molecule has 134 valence electrons. The maximum atomic E-state index is 12.6. The first kappa shape index (κ1) is 17.7. The highest BCUT2D eigenvalue weighted by molar-refractivity contribution is 5.94. The lowest BCUT2D eigenvalue weighted by Crippen LogP contribution is -2.20. The third-order valence-electron chi connectivity index (χ3n) is 3.88. The zero-order valence-corrected chi connectivity index (χ0v) is 14.3. The van der Waals surface area contributed by atoms with Gasteiger partial charge in [0.15, 0.2) is 0 Å². The van der Waals surface area contributed by atoms with Crippen LogP contribution in [-0.2, 0) is 4.74 Å². The van der Waals surface area contributed by atoms with Crippen LogP contribution in [0.15, 0.2) is 59.5 Å². The predicted octanol–water partition coefficient (Wildman–Crippen LogP) is 2.54. The van der Waals surface area contributed by atoms with Gasteiger partial charge in [0.05, 0.1) is 18.7 Å². The molecule has 0 radical (unpaired) electrons. The second-order valence-corrected chi connectivity index (χ2v) is 5.55. The zero-order valence-electron chi connectivity index (χ0n) is 14.3. The van der Waals surface area contributed by atoms with E-state index in [4.69, 9.17) is 14.6 Å². The molecule has 1 heterocycles. The summed E-state index contributed by atoms with van der Waals surface area (Å²) in [7, 11) is 0. The van der Waals surface area contributed by atoms with Gasteiger partial charge in [0.25, 0.3) is 0 Å². The van der Waals surface area contributed by atoms with Gasteiger partial charge in [-0.1, -0.05) is 12.1 Å². The SMILES string of the molecule is CCOC(=O)c1cn(-c2ccc(OCCO)cc2)c2ccccc2c1=O. The fourth-order valence-electron chi connectivity index (χ4n) is 2.71. The van der Waals surface area contributed by atoms with E-state index in [9.17, 15) is 9.59 Å². The Labute approximate surface area is 150 Å². The van der Waals surface area contributed by atoms with Crippen molar-refractivity contribution in [1.82, 2.24) is 4.57 Å². The molecule has 0 spiro atoms. The number of nitrogens with zero attached hydrogens (tertiary/aromatic N) is 1. The number of carbonyl (C=O) groups is 1. The smallest absolute Gasteiger partial charge is 0.343 e. The Bertz CT molecular complexity index is 976. The van der Waals surface area contributed by atoms with Gasteiger partial charge in [-0.05, 0) is 43.3 Å². The summed E-state index contributed by atoms with van der Waals surface area (Å²) in [5.74, 6) is -0.0151. The maximum Gasteiger partial charge on any atom is 0.343 e. The van der Waals surface area contributed by atoms with E-state index in [1.807, 2.05) is 24.3 Å². The second-order valence-electron chi connectivity index (χ2n) is 5.55. The Hall–Kier alpha value is -3.12. The average Bonchev–Trinajstić information content (AvgIpc) is 2.67. The molecule has 0 saturated heterocycles. The largest absolute Gasteiger partial charge is 0.491 e. The van der Waals surface area contributed by atoms with Crippen LogP contribution in [0, 0.1) is 0 Å². The van der Waals surface area contributed by atoms with Crippen LogP contribution in [0.1, 0.15) is 17.3 Å². The number of para-hydroxylation sites is 1. The van der Waals surface area contributed by atoms with Gasteiger partial charge in [-0.15, -0.1) is 0 Å². The van der Waals surface area contributed by atoms with Crippen molar-refractivity contribution in [3.63, 3.8) is 0 Å². The molecule has 3 rings (SSSR count). The van der Waals surface area contributed by atoms with Gasteiger partial charge in [0, 0.05) is 17.3 Å². The summed E-state index contributed by atoms with van der Waals surface area (Å²) in [6.45, 7) is 2.05. The first-order chi connectivity index (χ1) is 12.7. The van der Waals surface area contributed by atoms with E-state index in [2.05, 4.69) is 0 Å². The Morgan fingerprint density at radius 3 is 2.54 bits per heavy atom. The van der Waals surface area contributed by atoms with Crippen molar-refractivity contribution in [2.45, 2.75) is 6.92 Å². The standard InChI is InChI=1S/C20H19NO5/c1-2-25-20(24)17-13-21(18-6-4-3-5-16(18)19(17)23)14-7-9-15(10-8-14)26-12-11-22/h3-10,13,22H,2,11-12H2,1H3. The number of fused-ring (bicyclic) bond motifs is 1. The number of aliphatic hydroxyl groups is 1. The summed E-state index contributed by atoms with van der Waals surface area (Å²) in [5, 5.41) is 9.27. The molecule has 26 heavy (non-hydrogen) atoms. The van der Waals surface area contributed by atoms with E-state index in [0.29, 0.717) is 16.7 Å². The lowest BCUT2D eigenvalue weighted by molar-refractivity contribution is 0.0524. The molecule has 0 aliphatic heterocycles. The third kappa shape index (κ3) is 3.45. The van der Waals surface area contributed by atoms with Gasteiger partial charge in [0.1, 0.15) is 17.9 Å². The fourth-order valence-corrected chi connectivity index (χ4v) is 2.71. The van der Waals surface area contributed by atoms with Crippen molar-refractivity contribution in [3.05, 3.63) is 70.5 Å². The van der Waals surface area contributed by atoms with E-state index in [-0.39, 0.29) is 30.8 Å². The number of ether oxygens (including phenoxy) is 2. The summed E-state index contributed by atoms with van der Waals surface area (Å²) in [5.41, 5.74) is 1.10. The van der Waals surface area contributed by atoms with Crippen LogP contribution < -0.4 is 10.2 Å². The van der Waals surface area contributed by atoms with Gasteiger partial charge >= 0.3 is 5.97 Å². The normalized spacial score (nSPS) is 10.7. The number of aromatic nitrogens is 1. The molecule has 0 atom stereocenters.